The van der Waals surface area contributed by atoms with Crippen molar-refractivity contribution in [3.05, 3.63) is 23.7 Å². The van der Waals surface area contributed by atoms with E-state index < -0.39 is 5.97 Å². The summed E-state index contributed by atoms with van der Waals surface area (Å²) in [4.78, 5) is 23.0. The molecule has 2 fully saturated rings. The van der Waals surface area contributed by atoms with Crippen LogP contribution in [0, 0.1) is 12.8 Å². The quantitative estimate of drug-likeness (QED) is 0.886. The summed E-state index contributed by atoms with van der Waals surface area (Å²) in [5.74, 6) is -0.518. The molecule has 114 valence electrons. The fourth-order valence-electron chi connectivity index (χ4n) is 3.28. The largest absolute Gasteiger partial charge is 0.481 e. The lowest BCUT2D eigenvalue weighted by molar-refractivity contribution is -0.181. The van der Waals surface area contributed by atoms with Gasteiger partial charge in [-0.2, -0.15) is 0 Å². The maximum atomic E-state index is 12.1. The monoisotopic (exact) mass is 293 g/mol. The second-order valence-electron chi connectivity index (χ2n) is 6.08. The Morgan fingerprint density at radius 3 is 2.76 bits per heavy atom. The number of nitrogens with one attached hydrogen (secondary N) is 1. The normalized spacial score (nSPS) is 31.7. The molecule has 21 heavy (non-hydrogen) atoms. The highest BCUT2D eigenvalue weighted by Gasteiger charge is 2.51. The zero-order chi connectivity index (χ0) is 15.0. The number of aryl methyl sites for hydroxylation is 1. The number of carbonyl (C=O) groups is 2. The summed E-state index contributed by atoms with van der Waals surface area (Å²) < 4.78 is 10.9. The number of aliphatic carboxylic acids is 1. The highest BCUT2D eigenvalue weighted by molar-refractivity contribution is 5.94. The summed E-state index contributed by atoms with van der Waals surface area (Å²) in [6.45, 7) is 2.35. The summed E-state index contributed by atoms with van der Waals surface area (Å²) in [6.07, 6.45) is 3.96. The predicted molar refractivity (Wildman–Crippen MR) is 73.0 cm³/mol. The maximum absolute atomic E-state index is 12.1. The highest BCUT2D eigenvalue weighted by Crippen LogP contribution is 2.46. The molecule has 1 saturated heterocycles. The van der Waals surface area contributed by atoms with Crippen LogP contribution in [0.4, 0.5) is 0 Å². The Kier molecular flexibility index (Phi) is 3.49. The van der Waals surface area contributed by atoms with Crippen molar-refractivity contribution in [2.75, 3.05) is 6.61 Å². The molecule has 2 N–H and O–H groups in total. The molecule has 6 nitrogen and oxygen atoms in total. The standard InChI is InChI=1S/C15H19NO5/c1-9-4-10(8-20-9)13(17)16-12-2-3-21-15(7-12)5-11(6-15)14(18)19/h4,8,11-12H,2-3,5-7H2,1H3,(H,16,17)(H,18,19). The first-order valence-corrected chi connectivity index (χ1v) is 7.20. The molecule has 6 heteroatoms. The van der Waals surface area contributed by atoms with Crippen LogP contribution in [-0.4, -0.2) is 35.2 Å². The van der Waals surface area contributed by atoms with Gasteiger partial charge in [0.05, 0.1) is 17.1 Å². The summed E-state index contributed by atoms with van der Waals surface area (Å²) in [5, 5.41) is 12.0. The summed E-state index contributed by atoms with van der Waals surface area (Å²) in [6, 6.07) is 1.73. The zero-order valence-electron chi connectivity index (χ0n) is 11.9. The van der Waals surface area contributed by atoms with Crippen molar-refractivity contribution in [1.29, 1.82) is 0 Å². The molecule has 3 rings (SSSR count). The number of carboxylic acid groups (broad SMARTS) is 1. The number of carboxylic acids is 1. The van der Waals surface area contributed by atoms with Crippen molar-refractivity contribution in [3.8, 4) is 0 Å². The highest BCUT2D eigenvalue weighted by atomic mass is 16.5. The number of carbonyl (C=O) groups excluding carboxylic acids is 1. The smallest absolute Gasteiger partial charge is 0.306 e. The van der Waals surface area contributed by atoms with Gasteiger partial charge in [0.1, 0.15) is 12.0 Å². The Bertz CT molecular complexity index is 558. The minimum absolute atomic E-state index is 0.0243. The number of amides is 1. The van der Waals surface area contributed by atoms with Crippen LogP contribution in [0.2, 0.25) is 0 Å². The van der Waals surface area contributed by atoms with E-state index in [0.717, 1.165) is 6.42 Å². The van der Waals surface area contributed by atoms with E-state index in [1.807, 2.05) is 0 Å². The third-order valence-corrected chi connectivity index (χ3v) is 4.41. The topological polar surface area (TPSA) is 88.8 Å². The molecule has 0 bridgehead atoms. The lowest BCUT2D eigenvalue weighted by atomic mass is 9.66. The molecule has 1 spiro atoms. The van der Waals surface area contributed by atoms with Gasteiger partial charge in [0, 0.05) is 12.6 Å². The molecule has 0 aromatic carbocycles. The molecule has 1 unspecified atom stereocenters. The van der Waals surface area contributed by atoms with E-state index in [4.69, 9.17) is 14.3 Å². The number of furan rings is 1. The molecule has 1 atom stereocenters. The maximum Gasteiger partial charge on any atom is 0.306 e. The first-order valence-electron chi connectivity index (χ1n) is 7.20. The minimum Gasteiger partial charge on any atom is -0.481 e. The molecular formula is C15H19NO5. The van der Waals surface area contributed by atoms with Crippen LogP contribution in [0.1, 0.15) is 41.8 Å². The Morgan fingerprint density at radius 2 is 2.14 bits per heavy atom. The molecule has 0 radical (unpaired) electrons. The van der Waals surface area contributed by atoms with Gasteiger partial charge in [-0.15, -0.1) is 0 Å². The number of hydrogen-bond donors (Lipinski definition) is 2. The van der Waals surface area contributed by atoms with E-state index in [1.54, 1.807) is 13.0 Å². The Hall–Kier alpha value is -1.82. The molecule has 1 saturated carbocycles. The second-order valence-corrected chi connectivity index (χ2v) is 6.08. The van der Waals surface area contributed by atoms with E-state index in [2.05, 4.69) is 5.32 Å². The van der Waals surface area contributed by atoms with Gasteiger partial charge in [-0.25, -0.2) is 0 Å². The van der Waals surface area contributed by atoms with Gasteiger partial charge in [0.25, 0.3) is 5.91 Å². The molecule has 2 aliphatic rings. The minimum atomic E-state index is -0.760. The second kappa shape index (κ2) is 5.18. The molecule has 1 amide bonds. The molecular weight excluding hydrogens is 274 g/mol. The average Bonchev–Trinajstić information content (AvgIpc) is 2.82. The van der Waals surface area contributed by atoms with Crippen LogP contribution < -0.4 is 5.32 Å². The van der Waals surface area contributed by atoms with Crippen LogP contribution in [0.15, 0.2) is 16.7 Å². The third-order valence-electron chi connectivity index (χ3n) is 4.41. The van der Waals surface area contributed by atoms with Crippen LogP contribution in [-0.2, 0) is 9.53 Å². The first-order chi connectivity index (χ1) is 9.97. The van der Waals surface area contributed by atoms with Crippen molar-refractivity contribution in [3.63, 3.8) is 0 Å². The average molecular weight is 293 g/mol. The lowest BCUT2D eigenvalue weighted by Crippen LogP contribution is -2.56. The van der Waals surface area contributed by atoms with Crippen LogP contribution in [0.5, 0.6) is 0 Å². The number of ether oxygens (including phenoxy) is 1. The lowest BCUT2D eigenvalue weighted by Gasteiger charge is -2.50. The molecule has 1 aromatic rings. The number of hydrogen-bond acceptors (Lipinski definition) is 4. The van der Waals surface area contributed by atoms with E-state index in [9.17, 15) is 9.59 Å². The van der Waals surface area contributed by atoms with E-state index in [-0.39, 0.29) is 23.5 Å². The van der Waals surface area contributed by atoms with Gasteiger partial charge in [-0.1, -0.05) is 0 Å². The Labute approximate surface area is 122 Å². The van der Waals surface area contributed by atoms with Gasteiger partial charge in [-0.05, 0) is 38.7 Å². The molecule has 1 aliphatic heterocycles. The van der Waals surface area contributed by atoms with E-state index in [0.29, 0.717) is 37.2 Å². The molecule has 1 aliphatic carbocycles. The van der Waals surface area contributed by atoms with Gasteiger partial charge >= 0.3 is 5.97 Å². The van der Waals surface area contributed by atoms with Crippen LogP contribution in [0.3, 0.4) is 0 Å². The van der Waals surface area contributed by atoms with Crippen molar-refractivity contribution < 1.29 is 23.8 Å². The van der Waals surface area contributed by atoms with Crippen LogP contribution >= 0.6 is 0 Å². The van der Waals surface area contributed by atoms with Crippen molar-refractivity contribution >= 4 is 11.9 Å². The fourth-order valence-corrected chi connectivity index (χ4v) is 3.28. The van der Waals surface area contributed by atoms with Gasteiger partial charge < -0.3 is 19.6 Å². The predicted octanol–water partition coefficient (Wildman–Crippen LogP) is 1.73. The Morgan fingerprint density at radius 1 is 1.38 bits per heavy atom. The van der Waals surface area contributed by atoms with Crippen molar-refractivity contribution in [1.82, 2.24) is 5.32 Å². The number of rotatable bonds is 3. The molecule has 1 aromatic heterocycles. The zero-order valence-corrected chi connectivity index (χ0v) is 11.9. The SMILES string of the molecule is Cc1cc(C(=O)NC2CCOC3(C2)CC(C(=O)O)C3)co1. The third kappa shape index (κ3) is 2.81. The van der Waals surface area contributed by atoms with E-state index >= 15 is 0 Å². The fraction of sp³-hybridized carbons (Fsp3) is 0.600. The summed E-state index contributed by atoms with van der Waals surface area (Å²) >= 11 is 0. The molecule has 2 heterocycles. The Balaban J connectivity index is 1.57. The summed E-state index contributed by atoms with van der Waals surface area (Å²) in [5.41, 5.74) is 0.163. The van der Waals surface area contributed by atoms with Gasteiger partial charge in [-0.3, -0.25) is 9.59 Å². The first kappa shape index (κ1) is 14.1. The van der Waals surface area contributed by atoms with Gasteiger partial charge in [0.15, 0.2) is 0 Å². The van der Waals surface area contributed by atoms with E-state index in [1.165, 1.54) is 6.26 Å². The van der Waals surface area contributed by atoms with Crippen molar-refractivity contribution in [2.24, 2.45) is 5.92 Å². The van der Waals surface area contributed by atoms with Crippen molar-refractivity contribution in [2.45, 2.75) is 44.2 Å². The van der Waals surface area contributed by atoms with Gasteiger partial charge in [0.2, 0.25) is 0 Å². The van der Waals surface area contributed by atoms with Crippen LogP contribution in [0.25, 0.3) is 0 Å². The summed E-state index contributed by atoms with van der Waals surface area (Å²) in [7, 11) is 0.